The first kappa shape index (κ1) is 15.9. The lowest BCUT2D eigenvalue weighted by Crippen LogP contribution is -2.40. The van der Waals surface area contributed by atoms with Gasteiger partial charge in [-0.3, -0.25) is 4.79 Å². The first-order valence-electron chi connectivity index (χ1n) is 6.78. The molecule has 2 nitrogen and oxygen atoms in total. The standard InChI is InChI=1S/C13H22BrF2NO/c14-8-9-17(10-12(15)16)13(18)11-6-4-2-1-3-5-7-11/h11-12H,1-10H2. The Morgan fingerprint density at radius 3 is 2.22 bits per heavy atom. The third kappa shape index (κ3) is 5.63. The second-order valence-corrected chi connectivity index (χ2v) is 5.70. The molecule has 0 aliphatic heterocycles. The van der Waals surface area contributed by atoms with Crippen LogP contribution in [0.3, 0.4) is 0 Å². The van der Waals surface area contributed by atoms with Crippen LogP contribution in [0.25, 0.3) is 0 Å². The number of hydrogen-bond acceptors (Lipinski definition) is 1. The Balaban J connectivity index is 2.55. The normalized spacial score (nSPS) is 18.4. The fraction of sp³-hybridized carbons (Fsp3) is 0.923. The molecule has 1 fully saturated rings. The lowest BCUT2D eigenvalue weighted by molar-refractivity contribution is -0.137. The van der Waals surface area contributed by atoms with Gasteiger partial charge in [0.1, 0.15) is 0 Å². The van der Waals surface area contributed by atoms with E-state index in [2.05, 4.69) is 15.9 Å². The van der Waals surface area contributed by atoms with E-state index in [1.807, 2.05) is 0 Å². The van der Waals surface area contributed by atoms with E-state index in [1.165, 1.54) is 11.3 Å². The molecule has 106 valence electrons. The maximum absolute atomic E-state index is 12.5. The zero-order valence-electron chi connectivity index (χ0n) is 10.7. The van der Waals surface area contributed by atoms with Gasteiger partial charge in [-0.1, -0.05) is 48.0 Å². The molecule has 0 bridgehead atoms. The van der Waals surface area contributed by atoms with Crippen molar-refractivity contribution in [2.45, 2.75) is 51.4 Å². The van der Waals surface area contributed by atoms with Gasteiger partial charge < -0.3 is 4.90 Å². The zero-order valence-corrected chi connectivity index (χ0v) is 12.3. The number of amides is 1. The molecule has 1 saturated carbocycles. The largest absolute Gasteiger partial charge is 0.336 e. The lowest BCUT2D eigenvalue weighted by Gasteiger charge is -2.27. The van der Waals surface area contributed by atoms with Gasteiger partial charge in [0.25, 0.3) is 6.43 Å². The molecular weight excluding hydrogens is 304 g/mol. The van der Waals surface area contributed by atoms with Crippen LogP contribution in [0.2, 0.25) is 0 Å². The van der Waals surface area contributed by atoms with Crippen LogP contribution in [0.4, 0.5) is 8.78 Å². The van der Waals surface area contributed by atoms with Gasteiger partial charge in [0.15, 0.2) is 0 Å². The first-order chi connectivity index (χ1) is 8.65. The highest BCUT2D eigenvalue weighted by molar-refractivity contribution is 9.09. The minimum Gasteiger partial charge on any atom is -0.336 e. The predicted molar refractivity (Wildman–Crippen MR) is 72.2 cm³/mol. The molecule has 5 heteroatoms. The molecule has 1 rings (SSSR count). The molecule has 1 amide bonds. The molecule has 1 aliphatic carbocycles. The lowest BCUT2D eigenvalue weighted by atomic mass is 9.90. The number of carbonyl (C=O) groups excluding carboxylic acids is 1. The summed E-state index contributed by atoms with van der Waals surface area (Å²) < 4.78 is 24.9. The van der Waals surface area contributed by atoms with Crippen LogP contribution < -0.4 is 0 Å². The van der Waals surface area contributed by atoms with E-state index in [0.717, 1.165) is 38.5 Å². The molecule has 0 atom stereocenters. The summed E-state index contributed by atoms with van der Waals surface area (Å²) >= 11 is 3.22. The molecule has 0 unspecified atom stereocenters. The summed E-state index contributed by atoms with van der Waals surface area (Å²) in [5, 5.41) is 0.554. The van der Waals surface area contributed by atoms with E-state index < -0.39 is 13.0 Å². The molecule has 0 heterocycles. The number of alkyl halides is 3. The fourth-order valence-electron chi connectivity index (χ4n) is 2.52. The minimum absolute atomic E-state index is 0.0388. The van der Waals surface area contributed by atoms with Gasteiger partial charge >= 0.3 is 0 Å². The van der Waals surface area contributed by atoms with E-state index in [4.69, 9.17) is 0 Å². The summed E-state index contributed by atoms with van der Waals surface area (Å²) in [5.41, 5.74) is 0. The molecular formula is C13H22BrF2NO. The number of halogens is 3. The maximum atomic E-state index is 12.5. The highest BCUT2D eigenvalue weighted by atomic mass is 79.9. The van der Waals surface area contributed by atoms with Crippen molar-refractivity contribution < 1.29 is 13.6 Å². The Morgan fingerprint density at radius 1 is 1.17 bits per heavy atom. The van der Waals surface area contributed by atoms with Crippen molar-refractivity contribution >= 4 is 21.8 Å². The Bertz CT molecular complexity index is 243. The average Bonchev–Trinajstić information content (AvgIpc) is 2.26. The van der Waals surface area contributed by atoms with Crippen molar-refractivity contribution in [2.75, 3.05) is 18.4 Å². The molecule has 1 aliphatic rings. The highest BCUT2D eigenvalue weighted by Crippen LogP contribution is 2.24. The van der Waals surface area contributed by atoms with Crippen molar-refractivity contribution in [2.24, 2.45) is 5.92 Å². The van der Waals surface area contributed by atoms with Gasteiger partial charge in [0, 0.05) is 17.8 Å². The predicted octanol–water partition coefficient (Wildman–Crippen LogP) is 3.84. The zero-order chi connectivity index (χ0) is 13.4. The van der Waals surface area contributed by atoms with E-state index in [-0.39, 0.29) is 11.8 Å². The van der Waals surface area contributed by atoms with Crippen LogP contribution >= 0.6 is 15.9 Å². The van der Waals surface area contributed by atoms with Crippen LogP contribution in [-0.4, -0.2) is 35.7 Å². The summed E-state index contributed by atoms with van der Waals surface area (Å²) in [6.45, 7) is -0.0550. The molecule has 0 spiro atoms. The maximum Gasteiger partial charge on any atom is 0.255 e. The van der Waals surface area contributed by atoms with Gasteiger partial charge in [-0.05, 0) is 12.8 Å². The Kier molecular flexibility index (Phi) is 7.79. The molecule has 0 saturated heterocycles. The van der Waals surface area contributed by atoms with E-state index >= 15 is 0 Å². The summed E-state index contributed by atoms with van der Waals surface area (Å²) in [6, 6.07) is 0. The van der Waals surface area contributed by atoms with E-state index in [1.54, 1.807) is 0 Å². The molecule has 18 heavy (non-hydrogen) atoms. The van der Waals surface area contributed by atoms with E-state index in [0.29, 0.717) is 11.9 Å². The summed E-state index contributed by atoms with van der Waals surface area (Å²) in [5.74, 6) is -0.111. The van der Waals surface area contributed by atoms with Crippen LogP contribution in [0.5, 0.6) is 0 Å². The minimum atomic E-state index is -2.44. The van der Waals surface area contributed by atoms with Gasteiger partial charge in [0.05, 0.1) is 6.54 Å². The first-order valence-corrected chi connectivity index (χ1v) is 7.90. The molecule has 0 aromatic heterocycles. The number of carbonyl (C=O) groups is 1. The van der Waals surface area contributed by atoms with Crippen molar-refractivity contribution in [3.63, 3.8) is 0 Å². The van der Waals surface area contributed by atoms with Crippen LogP contribution in [-0.2, 0) is 4.79 Å². The van der Waals surface area contributed by atoms with Gasteiger partial charge in [-0.15, -0.1) is 0 Å². The number of hydrogen-bond donors (Lipinski definition) is 0. The summed E-state index contributed by atoms with van der Waals surface area (Å²) in [7, 11) is 0. The van der Waals surface area contributed by atoms with Crippen molar-refractivity contribution in [1.29, 1.82) is 0 Å². The molecule has 0 aromatic carbocycles. The molecule has 0 aromatic rings. The molecule has 0 radical (unpaired) electrons. The summed E-state index contributed by atoms with van der Waals surface area (Å²) in [6.07, 6.45) is 4.95. The van der Waals surface area contributed by atoms with Crippen LogP contribution in [0.1, 0.15) is 44.9 Å². The van der Waals surface area contributed by atoms with Gasteiger partial charge in [-0.2, -0.15) is 0 Å². The average molecular weight is 326 g/mol. The van der Waals surface area contributed by atoms with Crippen molar-refractivity contribution in [3.8, 4) is 0 Å². The SMILES string of the molecule is O=C(C1CCCCCCC1)N(CCBr)CC(F)F. The highest BCUT2D eigenvalue weighted by Gasteiger charge is 2.26. The number of nitrogens with zero attached hydrogens (tertiary/aromatic N) is 1. The van der Waals surface area contributed by atoms with Crippen LogP contribution in [0, 0.1) is 5.92 Å². The third-order valence-corrected chi connectivity index (χ3v) is 3.83. The van der Waals surface area contributed by atoms with Crippen LogP contribution in [0.15, 0.2) is 0 Å². The topological polar surface area (TPSA) is 20.3 Å². The Hall–Kier alpha value is -0.190. The monoisotopic (exact) mass is 325 g/mol. The second kappa shape index (κ2) is 8.83. The number of rotatable bonds is 5. The van der Waals surface area contributed by atoms with Crippen molar-refractivity contribution in [3.05, 3.63) is 0 Å². The van der Waals surface area contributed by atoms with Crippen molar-refractivity contribution in [1.82, 2.24) is 4.90 Å². The smallest absolute Gasteiger partial charge is 0.255 e. The Morgan fingerprint density at radius 2 is 1.72 bits per heavy atom. The fourth-order valence-corrected chi connectivity index (χ4v) is 2.95. The van der Waals surface area contributed by atoms with Gasteiger partial charge in [-0.25, -0.2) is 8.78 Å². The van der Waals surface area contributed by atoms with Gasteiger partial charge in [0.2, 0.25) is 5.91 Å². The molecule has 0 N–H and O–H groups in total. The Labute approximate surface area is 116 Å². The van der Waals surface area contributed by atoms with E-state index in [9.17, 15) is 13.6 Å². The quantitative estimate of drug-likeness (QED) is 0.703. The summed E-state index contributed by atoms with van der Waals surface area (Å²) in [4.78, 5) is 13.6. The second-order valence-electron chi connectivity index (χ2n) is 4.91. The third-order valence-electron chi connectivity index (χ3n) is 3.48.